The normalized spacial score (nSPS) is 16.9. The third-order valence-corrected chi connectivity index (χ3v) is 3.90. The molecule has 6 nitrogen and oxygen atoms in total. The molecule has 1 atom stereocenters. The summed E-state index contributed by atoms with van der Waals surface area (Å²) in [6, 6.07) is 6.27. The number of halogens is 1. The summed E-state index contributed by atoms with van der Waals surface area (Å²) in [7, 11) is 0. The fraction of sp³-hybridized carbons (Fsp3) is 0.632. The van der Waals surface area contributed by atoms with E-state index in [1.807, 2.05) is 6.92 Å². The largest absolute Gasteiger partial charge is 0.488 e. The van der Waals surface area contributed by atoms with Gasteiger partial charge in [0.2, 0.25) is 0 Å². The molecule has 0 aromatic heterocycles. The molecule has 0 aliphatic carbocycles. The number of guanidine groups is 1. The summed E-state index contributed by atoms with van der Waals surface area (Å²) < 4.78 is 16.9. The Bertz CT molecular complexity index is 549. The monoisotopic (exact) mass is 477 g/mol. The van der Waals surface area contributed by atoms with Crippen LogP contribution in [-0.4, -0.2) is 51.6 Å². The maximum absolute atomic E-state index is 6.14. The Kier molecular flexibility index (Phi) is 11.6. The summed E-state index contributed by atoms with van der Waals surface area (Å²) in [6.45, 7) is 11.1. The van der Waals surface area contributed by atoms with Crippen molar-refractivity contribution in [2.75, 3.05) is 39.5 Å². The molecule has 7 heteroatoms. The van der Waals surface area contributed by atoms with E-state index in [0.29, 0.717) is 19.8 Å². The standard InChI is InChI=1S/C19H31N3O3.HI/c1-4-20-19(21-9-11-23-5-2)22-13-16-7-6-15(3)12-18(16)25-17-8-10-24-14-17;/h6-7,12,17H,4-5,8-11,13-14H2,1-3H3,(H2,20,21,22);1H. The minimum Gasteiger partial charge on any atom is -0.488 e. The lowest BCUT2D eigenvalue weighted by molar-refractivity contribution is 0.140. The second kappa shape index (κ2) is 13.2. The number of nitrogens with one attached hydrogen (secondary N) is 2. The first kappa shape index (κ1) is 23.0. The molecule has 1 aliphatic heterocycles. The Labute approximate surface area is 174 Å². The number of aryl methyl sites for hydroxylation is 1. The number of nitrogens with zero attached hydrogens (tertiary/aromatic N) is 1. The summed E-state index contributed by atoms with van der Waals surface area (Å²) in [5.74, 6) is 1.70. The lowest BCUT2D eigenvalue weighted by atomic mass is 10.1. The molecule has 1 unspecified atom stereocenters. The molecule has 1 aromatic rings. The molecule has 1 saturated heterocycles. The zero-order chi connectivity index (χ0) is 17.9. The summed E-state index contributed by atoms with van der Waals surface area (Å²) in [5, 5.41) is 6.54. The van der Waals surface area contributed by atoms with Crippen molar-refractivity contribution < 1.29 is 14.2 Å². The van der Waals surface area contributed by atoms with Gasteiger partial charge in [-0.2, -0.15) is 0 Å². The first-order valence-corrected chi connectivity index (χ1v) is 9.16. The zero-order valence-corrected chi connectivity index (χ0v) is 18.4. The van der Waals surface area contributed by atoms with Crippen molar-refractivity contribution in [2.24, 2.45) is 4.99 Å². The molecule has 0 bridgehead atoms. The molecule has 0 saturated carbocycles. The number of ether oxygens (including phenoxy) is 3. The molecule has 0 amide bonds. The van der Waals surface area contributed by atoms with E-state index in [2.05, 4.69) is 47.7 Å². The Balaban J connectivity index is 0.00000338. The molecule has 26 heavy (non-hydrogen) atoms. The Morgan fingerprint density at radius 3 is 2.85 bits per heavy atom. The van der Waals surface area contributed by atoms with Gasteiger partial charge in [0.25, 0.3) is 0 Å². The molecule has 148 valence electrons. The second-order valence-electron chi connectivity index (χ2n) is 6.03. The number of rotatable bonds is 9. The van der Waals surface area contributed by atoms with Crippen LogP contribution in [0.15, 0.2) is 23.2 Å². The van der Waals surface area contributed by atoms with Gasteiger partial charge >= 0.3 is 0 Å². The molecule has 2 N–H and O–H groups in total. The first-order chi connectivity index (χ1) is 12.2. The van der Waals surface area contributed by atoms with Gasteiger partial charge in [-0.15, -0.1) is 24.0 Å². The highest BCUT2D eigenvalue weighted by atomic mass is 127. The van der Waals surface area contributed by atoms with E-state index in [-0.39, 0.29) is 30.1 Å². The van der Waals surface area contributed by atoms with Crippen LogP contribution in [0.25, 0.3) is 0 Å². The van der Waals surface area contributed by atoms with Crippen LogP contribution in [0.5, 0.6) is 5.75 Å². The molecule has 2 rings (SSSR count). The van der Waals surface area contributed by atoms with E-state index in [0.717, 1.165) is 50.0 Å². The molecule has 1 aromatic carbocycles. The van der Waals surface area contributed by atoms with Gasteiger partial charge in [0, 0.05) is 31.7 Å². The van der Waals surface area contributed by atoms with E-state index in [9.17, 15) is 0 Å². The Morgan fingerprint density at radius 1 is 1.31 bits per heavy atom. The maximum atomic E-state index is 6.14. The molecular formula is C19H32IN3O3. The SMILES string of the molecule is CCNC(=NCc1ccc(C)cc1OC1CCOC1)NCCOCC.I. The fourth-order valence-corrected chi connectivity index (χ4v) is 2.58. The van der Waals surface area contributed by atoms with Crippen LogP contribution < -0.4 is 15.4 Å². The maximum Gasteiger partial charge on any atom is 0.191 e. The molecule has 1 heterocycles. The average molecular weight is 477 g/mol. The molecule has 0 spiro atoms. The number of hydrogen-bond donors (Lipinski definition) is 2. The van der Waals surface area contributed by atoms with Gasteiger partial charge in [-0.25, -0.2) is 4.99 Å². The summed E-state index contributed by atoms with van der Waals surface area (Å²) in [5.41, 5.74) is 2.27. The van der Waals surface area contributed by atoms with Crippen molar-refractivity contribution >= 4 is 29.9 Å². The van der Waals surface area contributed by atoms with E-state index in [1.165, 1.54) is 5.56 Å². The van der Waals surface area contributed by atoms with Gasteiger partial charge < -0.3 is 24.8 Å². The van der Waals surface area contributed by atoms with E-state index in [4.69, 9.17) is 14.2 Å². The Morgan fingerprint density at radius 2 is 2.15 bits per heavy atom. The van der Waals surface area contributed by atoms with Crippen molar-refractivity contribution in [1.29, 1.82) is 0 Å². The van der Waals surface area contributed by atoms with Crippen molar-refractivity contribution in [3.8, 4) is 5.75 Å². The average Bonchev–Trinajstić information content (AvgIpc) is 3.11. The van der Waals surface area contributed by atoms with E-state index >= 15 is 0 Å². The van der Waals surface area contributed by atoms with Crippen LogP contribution in [0, 0.1) is 6.92 Å². The highest BCUT2D eigenvalue weighted by Crippen LogP contribution is 2.24. The van der Waals surface area contributed by atoms with E-state index < -0.39 is 0 Å². The van der Waals surface area contributed by atoms with Gasteiger partial charge in [-0.05, 0) is 32.4 Å². The summed E-state index contributed by atoms with van der Waals surface area (Å²) in [6.07, 6.45) is 1.08. The van der Waals surface area contributed by atoms with Crippen LogP contribution in [0.4, 0.5) is 0 Å². The van der Waals surface area contributed by atoms with E-state index in [1.54, 1.807) is 0 Å². The van der Waals surface area contributed by atoms with Crippen molar-refractivity contribution in [2.45, 2.75) is 39.8 Å². The van der Waals surface area contributed by atoms with Crippen molar-refractivity contribution in [3.63, 3.8) is 0 Å². The summed E-state index contributed by atoms with van der Waals surface area (Å²) >= 11 is 0. The molecular weight excluding hydrogens is 445 g/mol. The van der Waals surface area contributed by atoms with Crippen LogP contribution in [0.3, 0.4) is 0 Å². The van der Waals surface area contributed by atoms with Gasteiger partial charge in [0.1, 0.15) is 11.9 Å². The minimum atomic E-state index is 0. The van der Waals surface area contributed by atoms with Crippen LogP contribution in [-0.2, 0) is 16.0 Å². The third kappa shape index (κ3) is 8.09. The molecule has 1 fully saturated rings. The van der Waals surface area contributed by atoms with Gasteiger partial charge in [-0.1, -0.05) is 12.1 Å². The van der Waals surface area contributed by atoms with Crippen LogP contribution in [0.1, 0.15) is 31.4 Å². The minimum absolute atomic E-state index is 0. The number of aliphatic imine (C=N–C) groups is 1. The zero-order valence-electron chi connectivity index (χ0n) is 16.0. The lowest BCUT2D eigenvalue weighted by Gasteiger charge is -2.16. The van der Waals surface area contributed by atoms with Crippen LogP contribution >= 0.6 is 24.0 Å². The van der Waals surface area contributed by atoms with Gasteiger partial charge in [0.15, 0.2) is 5.96 Å². The summed E-state index contributed by atoms with van der Waals surface area (Å²) in [4.78, 5) is 4.67. The fourth-order valence-electron chi connectivity index (χ4n) is 2.58. The molecule has 0 radical (unpaired) electrons. The second-order valence-corrected chi connectivity index (χ2v) is 6.03. The predicted molar refractivity (Wildman–Crippen MR) is 116 cm³/mol. The highest BCUT2D eigenvalue weighted by molar-refractivity contribution is 14.0. The quantitative estimate of drug-likeness (QED) is 0.248. The highest BCUT2D eigenvalue weighted by Gasteiger charge is 2.18. The third-order valence-electron chi connectivity index (χ3n) is 3.90. The Hall–Kier alpha value is -1.06. The van der Waals surface area contributed by atoms with Crippen LogP contribution in [0.2, 0.25) is 0 Å². The first-order valence-electron chi connectivity index (χ1n) is 9.16. The van der Waals surface area contributed by atoms with Crippen molar-refractivity contribution in [3.05, 3.63) is 29.3 Å². The number of hydrogen-bond acceptors (Lipinski definition) is 4. The lowest BCUT2D eigenvalue weighted by Crippen LogP contribution is -2.39. The topological polar surface area (TPSA) is 64.1 Å². The van der Waals surface area contributed by atoms with Gasteiger partial charge in [-0.3, -0.25) is 0 Å². The smallest absolute Gasteiger partial charge is 0.191 e. The van der Waals surface area contributed by atoms with Gasteiger partial charge in [0.05, 0.1) is 26.4 Å². The number of benzene rings is 1. The predicted octanol–water partition coefficient (Wildman–Crippen LogP) is 2.87. The van der Waals surface area contributed by atoms with Crippen molar-refractivity contribution in [1.82, 2.24) is 10.6 Å². The molecule has 1 aliphatic rings.